The van der Waals surface area contributed by atoms with E-state index in [0.29, 0.717) is 17.0 Å². The van der Waals surface area contributed by atoms with E-state index in [4.69, 9.17) is 4.74 Å². The van der Waals surface area contributed by atoms with E-state index in [0.717, 1.165) is 5.56 Å². The molecule has 0 spiro atoms. The number of nitrogens with zero attached hydrogens (tertiary/aromatic N) is 1. The summed E-state index contributed by atoms with van der Waals surface area (Å²) in [6.07, 6.45) is 0.108. The van der Waals surface area contributed by atoms with Crippen LogP contribution in [0.4, 0.5) is 5.82 Å². The molecule has 2 aromatic carbocycles. The largest absolute Gasteiger partial charge is 0.504 e. The molecule has 0 unspecified atom stereocenters. The number of aromatic nitrogens is 2. The monoisotopic (exact) mass is 363 g/mol. The minimum Gasteiger partial charge on any atom is -0.504 e. The summed E-state index contributed by atoms with van der Waals surface area (Å²) in [6, 6.07) is 14.0. The van der Waals surface area contributed by atoms with E-state index in [9.17, 15) is 14.7 Å². The maximum absolute atomic E-state index is 12.8. The van der Waals surface area contributed by atoms with E-state index in [2.05, 4.69) is 15.3 Å². The number of carbonyl (C=O) groups is 1. The second kappa shape index (κ2) is 6.60. The lowest BCUT2D eigenvalue weighted by molar-refractivity contribution is -0.116. The number of aromatic amines is 1. The number of phenolic OH excluding ortho intramolecular Hbond substituents is 1. The van der Waals surface area contributed by atoms with Crippen molar-refractivity contribution >= 4 is 11.7 Å². The average molecular weight is 363 g/mol. The number of methoxy groups -OCH3 is 1. The molecule has 7 nitrogen and oxygen atoms in total. The van der Waals surface area contributed by atoms with Crippen molar-refractivity contribution in [1.82, 2.24) is 9.97 Å². The highest BCUT2D eigenvalue weighted by Gasteiger charge is 2.31. The van der Waals surface area contributed by atoms with E-state index in [1.807, 2.05) is 30.3 Å². The number of carbonyl (C=O) groups excluding carboxylic acids is 1. The van der Waals surface area contributed by atoms with Crippen LogP contribution in [0.15, 0.2) is 53.3 Å². The number of fused-ring (bicyclic) bond motifs is 1. The third kappa shape index (κ3) is 3.03. The predicted octanol–water partition coefficient (Wildman–Crippen LogP) is 2.63. The maximum atomic E-state index is 12.8. The summed E-state index contributed by atoms with van der Waals surface area (Å²) in [6.45, 7) is 0. The molecule has 136 valence electrons. The number of rotatable bonds is 3. The van der Waals surface area contributed by atoms with Gasteiger partial charge in [0.05, 0.1) is 12.7 Å². The van der Waals surface area contributed by atoms with Crippen molar-refractivity contribution in [3.8, 4) is 22.9 Å². The highest BCUT2D eigenvalue weighted by molar-refractivity contribution is 5.94. The number of aromatic hydroxyl groups is 1. The zero-order chi connectivity index (χ0) is 19.0. The number of anilines is 1. The van der Waals surface area contributed by atoms with Gasteiger partial charge in [0.15, 0.2) is 11.5 Å². The van der Waals surface area contributed by atoms with Crippen LogP contribution in [0, 0.1) is 0 Å². The molecule has 1 aliphatic heterocycles. The number of benzene rings is 2. The van der Waals surface area contributed by atoms with Crippen LogP contribution in [0.2, 0.25) is 0 Å². The zero-order valence-electron chi connectivity index (χ0n) is 14.5. The highest BCUT2D eigenvalue weighted by Crippen LogP contribution is 2.37. The van der Waals surface area contributed by atoms with Crippen LogP contribution >= 0.6 is 0 Å². The van der Waals surface area contributed by atoms with Crippen LogP contribution in [-0.2, 0) is 4.79 Å². The molecule has 7 heteroatoms. The Balaban J connectivity index is 1.85. The Morgan fingerprint density at radius 2 is 1.93 bits per heavy atom. The van der Waals surface area contributed by atoms with Crippen LogP contribution in [0.1, 0.15) is 23.5 Å². The smallest absolute Gasteiger partial charge is 0.257 e. The van der Waals surface area contributed by atoms with Gasteiger partial charge in [-0.2, -0.15) is 0 Å². The van der Waals surface area contributed by atoms with Crippen LogP contribution < -0.4 is 15.6 Å². The molecule has 0 aliphatic carbocycles. The van der Waals surface area contributed by atoms with Crippen molar-refractivity contribution in [2.24, 2.45) is 0 Å². The number of nitrogens with one attached hydrogen (secondary N) is 2. The van der Waals surface area contributed by atoms with Crippen LogP contribution in [0.3, 0.4) is 0 Å². The molecule has 1 atom stereocenters. The Hall–Kier alpha value is -3.61. The van der Waals surface area contributed by atoms with Crippen LogP contribution in [-0.4, -0.2) is 28.1 Å². The van der Waals surface area contributed by atoms with Gasteiger partial charge in [0.25, 0.3) is 5.56 Å². The zero-order valence-corrected chi connectivity index (χ0v) is 14.5. The number of H-pyrrole nitrogens is 1. The minimum absolute atomic E-state index is 0.00630. The molecule has 0 saturated heterocycles. The first kappa shape index (κ1) is 16.8. The lowest BCUT2D eigenvalue weighted by Crippen LogP contribution is -2.31. The van der Waals surface area contributed by atoms with E-state index < -0.39 is 5.92 Å². The van der Waals surface area contributed by atoms with Crippen molar-refractivity contribution in [1.29, 1.82) is 0 Å². The molecule has 4 rings (SSSR count). The molecule has 2 heterocycles. The summed E-state index contributed by atoms with van der Waals surface area (Å²) in [7, 11) is 1.45. The molecule has 27 heavy (non-hydrogen) atoms. The maximum Gasteiger partial charge on any atom is 0.257 e. The number of amides is 1. The standard InChI is InChI=1S/C20H17N3O4/c1-27-15-9-12(7-8-14(15)24)13-10-16(25)21-19-17(13)20(26)23-18(22-19)11-5-3-2-4-6-11/h2-9,13,24H,10H2,1H3,(H2,21,22,23,25,26)/t13-/m1/s1. The van der Waals surface area contributed by atoms with Gasteiger partial charge < -0.3 is 20.1 Å². The molecule has 0 fully saturated rings. The lowest BCUT2D eigenvalue weighted by atomic mass is 9.86. The van der Waals surface area contributed by atoms with E-state index in [1.54, 1.807) is 12.1 Å². The summed E-state index contributed by atoms with van der Waals surface area (Å²) < 4.78 is 5.15. The second-order valence-electron chi connectivity index (χ2n) is 6.28. The topological polar surface area (TPSA) is 104 Å². The Labute approximate surface area is 154 Å². The lowest BCUT2D eigenvalue weighted by Gasteiger charge is -2.25. The van der Waals surface area contributed by atoms with Gasteiger partial charge in [0.1, 0.15) is 11.6 Å². The van der Waals surface area contributed by atoms with Crippen molar-refractivity contribution < 1.29 is 14.6 Å². The molecule has 0 radical (unpaired) electrons. The fraction of sp³-hybridized carbons (Fsp3) is 0.150. The van der Waals surface area contributed by atoms with Gasteiger partial charge >= 0.3 is 0 Å². The van der Waals surface area contributed by atoms with Crippen molar-refractivity contribution in [3.63, 3.8) is 0 Å². The Morgan fingerprint density at radius 3 is 2.67 bits per heavy atom. The molecule has 1 aromatic heterocycles. The quantitative estimate of drug-likeness (QED) is 0.664. The second-order valence-corrected chi connectivity index (χ2v) is 6.28. The number of phenols is 1. The minimum atomic E-state index is -0.482. The van der Waals surface area contributed by atoms with Gasteiger partial charge in [-0.25, -0.2) is 4.98 Å². The van der Waals surface area contributed by atoms with Crippen molar-refractivity contribution in [2.75, 3.05) is 12.4 Å². The highest BCUT2D eigenvalue weighted by atomic mass is 16.5. The van der Waals surface area contributed by atoms with E-state index >= 15 is 0 Å². The molecule has 0 saturated carbocycles. The molecule has 1 amide bonds. The Bertz CT molecular complexity index is 1080. The number of ether oxygens (including phenoxy) is 1. The number of hydrogen-bond acceptors (Lipinski definition) is 5. The van der Waals surface area contributed by atoms with Gasteiger partial charge in [0.2, 0.25) is 5.91 Å². The first-order valence-electron chi connectivity index (χ1n) is 8.43. The first-order valence-corrected chi connectivity index (χ1v) is 8.43. The SMILES string of the molecule is COc1cc([C@H]2CC(=O)Nc3nc(-c4ccccc4)[nH]c(=O)c32)ccc1O. The fourth-order valence-corrected chi connectivity index (χ4v) is 3.30. The van der Waals surface area contributed by atoms with Gasteiger partial charge in [-0.1, -0.05) is 36.4 Å². The van der Waals surface area contributed by atoms with E-state index in [1.165, 1.54) is 13.2 Å². The predicted molar refractivity (Wildman–Crippen MR) is 100 cm³/mol. The summed E-state index contributed by atoms with van der Waals surface area (Å²) >= 11 is 0. The normalized spacial score (nSPS) is 15.7. The summed E-state index contributed by atoms with van der Waals surface area (Å²) in [5, 5.41) is 12.5. The van der Waals surface area contributed by atoms with Gasteiger partial charge in [0, 0.05) is 17.9 Å². The Kier molecular flexibility index (Phi) is 4.12. The molecule has 1 aliphatic rings. The molecule has 3 aromatic rings. The van der Waals surface area contributed by atoms with E-state index in [-0.39, 0.29) is 35.2 Å². The van der Waals surface area contributed by atoms with Gasteiger partial charge in [-0.15, -0.1) is 0 Å². The van der Waals surface area contributed by atoms with Crippen LogP contribution in [0.5, 0.6) is 11.5 Å². The molecular formula is C20H17N3O4. The number of hydrogen-bond donors (Lipinski definition) is 3. The molecule has 3 N–H and O–H groups in total. The summed E-state index contributed by atoms with van der Waals surface area (Å²) in [4.78, 5) is 32.4. The molecule has 0 bridgehead atoms. The van der Waals surface area contributed by atoms with Crippen molar-refractivity contribution in [3.05, 3.63) is 70.0 Å². The molecular weight excluding hydrogens is 346 g/mol. The van der Waals surface area contributed by atoms with Crippen LogP contribution in [0.25, 0.3) is 11.4 Å². The third-order valence-electron chi connectivity index (χ3n) is 4.60. The summed E-state index contributed by atoms with van der Waals surface area (Å²) in [5.74, 6) is 0.217. The fourth-order valence-electron chi connectivity index (χ4n) is 3.30. The summed E-state index contributed by atoms with van der Waals surface area (Å²) in [5.41, 5.74) is 1.53. The van der Waals surface area contributed by atoms with Crippen molar-refractivity contribution in [2.45, 2.75) is 12.3 Å². The first-order chi connectivity index (χ1) is 13.1. The van der Waals surface area contributed by atoms with Gasteiger partial charge in [-0.05, 0) is 17.7 Å². The third-order valence-corrected chi connectivity index (χ3v) is 4.60. The Morgan fingerprint density at radius 1 is 1.15 bits per heavy atom. The average Bonchev–Trinajstić information content (AvgIpc) is 2.68. The van der Waals surface area contributed by atoms with Gasteiger partial charge in [-0.3, -0.25) is 9.59 Å².